The number of nitrogens with zero attached hydrogens (tertiary/aromatic N) is 3. The molecule has 4 rings (SSSR count). The number of amides is 1. The number of pyridine rings is 1. The molecule has 5 nitrogen and oxygen atoms in total. The van der Waals surface area contributed by atoms with Crippen molar-refractivity contribution in [2.45, 2.75) is 6.17 Å². The van der Waals surface area contributed by atoms with Crippen LogP contribution in [0.2, 0.25) is 0 Å². The summed E-state index contributed by atoms with van der Waals surface area (Å²) in [5.41, 5.74) is 3.19. The predicted octanol–water partition coefficient (Wildman–Crippen LogP) is 3.40. The Morgan fingerprint density at radius 1 is 1.17 bits per heavy atom. The Morgan fingerprint density at radius 2 is 2.00 bits per heavy atom. The third kappa shape index (κ3) is 2.37. The quantitative estimate of drug-likeness (QED) is 0.785. The van der Waals surface area contributed by atoms with Crippen molar-refractivity contribution >= 4 is 22.9 Å². The lowest BCUT2D eigenvalue weighted by atomic mass is 10.1. The highest BCUT2D eigenvalue weighted by atomic mass is 32.1. The van der Waals surface area contributed by atoms with E-state index in [-0.39, 0.29) is 12.1 Å². The van der Waals surface area contributed by atoms with Crippen LogP contribution in [0, 0.1) is 0 Å². The first kappa shape index (κ1) is 13.9. The Bertz CT molecular complexity index is 862. The fourth-order valence-electron chi connectivity index (χ4n) is 2.64. The second-order valence-corrected chi connectivity index (χ2v) is 6.16. The van der Waals surface area contributed by atoms with Crippen LogP contribution < -0.4 is 5.32 Å². The summed E-state index contributed by atoms with van der Waals surface area (Å²) < 4.78 is 0. The van der Waals surface area contributed by atoms with Crippen LogP contribution in [-0.2, 0) is 0 Å². The van der Waals surface area contributed by atoms with Gasteiger partial charge in [0.2, 0.25) is 0 Å². The van der Waals surface area contributed by atoms with Gasteiger partial charge < -0.3 is 10.2 Å². The lowest BCUT2D eigenvalue weighted by molar-refractivity contribution is 0.0733. The minimum Gasteiger partial charge on any atom is -0.359 e. The molecule has 1 N–H and O–H groups in total. The van der Waals surface area contributed by atoms with E-state index in [0.717, 1.165) is 22.1 Å². The highest BCUT2D eigenvalue weighted by molar-refractivity contribution is 7.13. The highest BCUT2D eigenvalue weighted by Gasteiger charge is 2.31. The van der Waals surface area contributed by atoms with E-state index in [9.17, 15) is 4.79 Å². The average Bonchev–Trinajstić information content (AvgIpc) is 3.09. The van der Waals surface area contributed by atoms with Gasteiger partial charge in [-0.05, 0) is 24.3 Å². The Labute approximate surface area is 137 Å². The normalized spacial score (nSPS) is 16.8. The maximum absolute atomic E-state index is 12.5. The van der Waals surface area contributed by atoms with Gasteiger partial charge in [0.25, 0.3) is 5.91 Å². The first-order valence-corrected chi connectivity index (χ1v) is 8.11. The molecular formula is C17H14N4OS. The minimum absolute atomic E-state index is 0.00302. The zero-order chi connectivity index (χ0) is 15.8. The number of hydrogen-bond acceptors (Lipinski definition) is 5. The fraction of sp³-hybridized carbons (Fsp3) is 0.118. The zero-order valence-electron chi connectivity index (χ0n) is 12.4. The van der Waals surface area contributed by atoms with Gasteiger partial charge in [0.1, 0.15) is 11.2 Å². The molecule has 3 heterocycles. The van der Waals surface area contributed by atoms with Gasteiger partial charge in [0.15, 0.2) is 0 Å². The maximum atomic E-state index is 12.5. The molecule has 0 saturated carbocycles. The molecule has 0 aliphatic carbocycles. The summed E-state index contributed by atoms with van der Waals surface area (Å²) in [5.74, 6) is -0.00302. The van der Waals surface area contributed by atoms with Crippen LogP contribution in [0.3, 0.4) is 0 Å². The molecule has 0 radical (unpaired) electrons. The maximum Gasteiger partial charge on any atom is 0.257 e. The van der Waals surface area contributed by atoms with Gasteiger partial charge in [-0.2, -0.15) is 0 Å². The second-order valence-electron chi connectivity index (χ2n) is 5.30. The van der Waals surface area contributed by atoms with Crippen LogP contribution in [0.25, 0.3) is 10.7 Å². The van der Waals surface area contributed by atoms with E-state index in [1.807, 2.05) is 47.8 Å². The van der Waals surface area contributed by atoms with Crippen molar-refractivity contribution in [1.29, 1.82) is 0 Å². The number of carbonyl (C=O) groups excluding carboxylic acids is 1. The van der Waals surface area contributed by atoms with Crippen LogP contribution in [0.5, 0.6) is 0 Å². The van der Waals surface area contributed by atoms with Gasteiger partial charge >= 0.3 is 0 Å². The SMILES string of the molecule is CN1C(=O)c2ccccc2NC1c1csc(-c2ccccn2)n1. The van der Waals surface area contributed by atoms with Gasteiger partial charge in [0.05, 0.1) is 17.0 Å². The molecule has 1 aromatic carbocycles. The fourth-order valence-corrected chi connectivity index (χ4v) is 3.45. The molecule has 1 aliphatic heterocycles. The van der Waals surface area contributed by atoms with Crippen molar-refractivity contribution < 1.29 is 4.79 Å². The molecule has 0 spiro atoms. The first-order chi connectivity index (χ1) is 11.2. The zero-order valence-corrected chi connectivity index (χ0v) is 13.2. The molecule has 3 aromatic rings. The van der Waals surface area contributed by atoms with E-state index in [0.29, 0.717) is 5.56 Å². The Hall–Kier alpha value is -2.73. The van der Waals surface area contributed by atoms with Gasteiger partial charge in [-0.15, -0.1) is 11.3 Å². The standard InChI is InChI=1S/C17H14N4OS/c1-21-15(19-12-7-3-2-6-11(12)17(21)22)14-10-23-16(20-14)13-8-4-5-9-18-13/h2-10,15,19H,1H3. The van der Waals surface area contributed by atoms with Crippen molar-refractivity contribution in [3.63, 3.8) is 0 Å². The largest absolute Gasteiger partial charge is 0.359 e. The van der Waals surface area contributed by atoms with Gasteiger partial charge in [0, 0.05) is 24.3 Å². The lowest BCUT2D eigenvalue weighted by Crippen LogP contribution is -2.40. The number of fused-ring (bicyclic) bond motifs is 1. The molecule has 0 bridgehead atoms. The highest BCUT2D eigenvalue weighted by Crippen LogP contribution is 2.33. The number of aromatic nitrogens is 2. The average molecular weight is 322 g/mol. The van der Waals surface area contributed by atoms with E-state index in [4.69, 9.17) is 0 Å². The van der Waals surface area contributed by atoms with Gasteiger partial charge in [-0.25, -0.2) is 4.98 Å². The number of benzene rings is 1. The first-order valence-electron chi connectivity index (χ1n) is 7.23. The molecule has 23 heavy (non-hydrogen) atoms. The Morgan fingerprint density at radius 3 is 2.83 bits per heavy atom. The molecule has 1 atom stereocenters. The topological polar surface area (TPSA) is 58.1 Å². The van der Waals surface area contributed by atoms with Gasteiger partial charge in [-0.3, -0.25) is 9.78 Å². The smallest absolute Gasteiger partial charge is 0.257 e. The summed E-state index contributed by atoms with van der Waals surface area (Å²) in [4.78, 5) is 23.2. The molecular weight excluding hydrogens is 308 g/mol. The predicted molar refractivity (Wildman–Crippen MR) is 90.2 cm³/mol. The van der Waals surface area contributed by atoms with E-state index >= 15 is 0 Å². The molecule has 114 valence electrons. The third-order valence-electron chi connectivity index (χ3n) is 3.84. The summed E-state index contributed by atoms with van der Waals surface area (Å²) >= 11 is 1.53. The van der Waals surface area contributed by atoms with E-state index in [1.54, 1.807) is 18.1 Å². The van der Waals surface area contributed by atoms with Crippen LogP contribution in [0.15, 0.2) is 54.0 Å². The number of nitrogens with one attached hydrogen (secondary N) is 1. The molecule has 1 amide bonds. The number of hydrogen-bond donors (Lipinski definition) is 1. The molecule has 1 aliphatic rings. The van der Waals surface area contributed by atoms with Crippen LogP contribution >= 0.6 is 11.3 Å². The van der Waals surface area contributed by atoms with Gasteiger partial charge in [-0.1, -0.05) is 18.2 Å². The number of carbonyl (C=O) groups is 1. The summed E-state index contributed by atoms with van der Waals surface area (Å²) in [5, 5.41) is 6.21. The van der Waals surface area contributed by atoms with Crippen molar-refractivity contribution in [2.24, 2.45) is 0 Å². The van der Waals surface area contributed by atoms with Crippen molar-refractivity contribution in [3.05, 3.63) is 65.3 Å². The van der Waals surface area contributed by atoms with Crippen LogP contribution in [-0.4, -0.2) is 27.8 Å². The van der Waals surface area contributed by atoms with Crippen molar-refractivity contribution in [2.75, 3.05) is 12.4 Å². The van der Waals surface area contributed by atoms with Crippen LogP contribution in [0.1, 0.15) is 22.2 Å². The van der Waals surface area contributed by atoms with Crippen LogP contribution in [0.4, 0.5) is 5.69 Å². The van der Waals surface area contributed by atoms with E-state index in [1.165, 1.54) is 11.3 Å². The molecule has 6 heteroatoms. The Balaban J connectivity index is 1.69. The summed E-state index contributed by atoms with van der Waals surface area (Å²) in [6, 6.07) is 13.3. The second kappa shape index (κ2) is 5.48. The number of anilines is 1. The molecule has 0 saturated heterocycles. The molecule has 0 fully saturated rings. The van der Waals surface area contributed by atoms with Crippen molar-refractivity contribution in [1.82, 2.24) is 14.9 Å². The lowest BCUT2D eigenvalue weighted by Gasteiger charge is -2.34. The van der Waals surface area contributed by atoms with Crippen molar-refractivity contribution in [3.8, 4) is 10.7 Å². The number of thiazole rings is 1. The minimum atomic E-state index is -0.272. The van der Waals surface area contributed by atoms with E-state index in [2.05, 4.69) is 15.3 Å². The summed E-state index contributed by atoms with van der Waals surface area (Å²) in [6.45, 7) is 0. The molecule has 1 unspecified atom stereocenters. The summed E-state index contributed by atoms with van der Waals surface area (Å²) in [7, 11) is 1.79. The monoisotopic (exact) mass is 322 g/mol. The third-order valence-corrected chi connectivity index (χ3v) is 4.73. The number of rotatable bonds is 2. The van der Waals surface area contributed by atoms with E-state index < -0.39 is 0 Å². The Kier molecular flexibility index (Phi) is 3.31. The number of para-hydroxylation sites is 1. The summed E-state index contributed by atoms with van der Waals surface area (Å²) in [6.07, 6.45) is 1.48. The molecule has 2 aromatic heterocycles.